The lowest BCUT2D eigenvalue weighted by Crippen LogP contribution is -2.27. The zero-order valence-corrected chi connectivity index (χ0v) is 12.7. The molecule has 0 spiro atoms. The fraction of sp³-hybridized carbons (Fsp3) is 0.333. The van der Waals surface area contributed by atoms with Crippen molar-refractivity contribution in [3.05, 3.63) is 30.5 Å². The first-order valence-electron chi connectivity index (χ1n) is 6.64. The van der Waals surface area contributed by atoms with Crippen LogP contribution in [0, 0.1) is 0 Å². The average Bonchev–Trinajstić information content (AvgIpc) is 2.68. The topological polar surface area (TPSA) is 82.2 Å². The highest BCUT2D eigenvalue weighted by molar-refractivity contribution is 5.86. The molecule has 6 nitrogen and oxygen atoms in total. The van der Waals surface area contributed by atoms with Crippen molar-refractivity contribution in [2.75, 3.05) is 11.1 Å². The van der Waals surface area contributed by atoms with E-state index < -0.39 is 11.7 Å². The molecule has 1 heterocycles. The van der Waals surface area contributed by atoms with Crippen molar-refractivity contribution in [2.45, 2.75) is 26.4 Å². The molecule has 21 heavy (non-hydrogen) atoms. The number of rotatable bonds is 2. The minimum Gasteiger partial charge on any atom is -0.444 e. The maximum atomic E-state index is 11.8. The highest BCUT2D eigenvalue weighted by atomic mass is 16.6. The molecule has 3 N–H and O–H groups in total. The van der Waals surface area contributed by atoms with Crippen molar-refractivity contribution in [1.82, 2.24) is 9.78 Å². The summed E-state index contributed by atoms with van der Waals surface area (Å²) in [7, 11) is 1.78. The van der Waals surface area contributed by atoms with Crippen LogP contribution in [-0.4, -0.2) is 21.5 Å². The van der Waals surface area contributed by atoms with Crippen molar-refractivity contribution < 1.29 is 9.53 Å². The van der Waals surface area contributed by atoms with Gasteiger partial charge in [-0.3, -0.25) is 10.00 Å². The Bertz CT molecular complexity index is 656. The molecule has 0 fully saturated rings. The number of hydrogen-bond acceptors (Lipinski definition) is 4. The molecule has 6 heteroatoms. The van der Waals surface area contributed by atoms with Gasteiger partial charge in [0, 0.05) is 18.3 Å². The maximum Gasteiger partial charge on any atom is 0.412 e. The number of carbonyl (C=O) groups excluding carboxylic acids is 1. The van der Waals surface area contributed by atoms with Crippen LogP contribution in [0.2, 0.25) is 0 Å². The zero-order chi connectivity index (χ0) is 15.6. The van der Waals surface area contributed by atoms with E-state index in [1.807, 2.05) is 39.0 Å². The third-order valence-corrected chi connectivity index (χ3v) is 2.80. The van der Waals surface area contributed by atoms with E-state index in [1.54, 1.807) is 24.0 Å². The number of anilines is 2. The Morgan fingerprint density at radius 3 is 2.67 bits per heavy atom. The van der Waals surface area contributed by atoms with Crippen LogP contribution in [0.4, 0.5) is 16.3 Å². The second kappa shape index (κ2) is 5.47. The summed E-state index contributed by atoms with van der Waals surface area (Å²) in [6.45, 7) is 5.46. The van der Waals surface area contributed by atoms with Gasteiger partial charge in [0.05, 0.1) is 6.20 Å². The minimum absolute atomic E-state index is 0.487. The van der Waals surface area contributed by atoms with Gasteiger partial charge in [0.1, 0.15) is 11.4 Å². The molecule has 0 unspecified atom stereocenters. The van der Waals surface area contributed by atoms with E-state index in [-0.39, 0.29) is 0 Å². The number of nitrogens with two attached hydrogens (primary N) is 1. The van der Waals surface area contributed by atoms with Crippen LogP contribution in [-0.2, 0) is 11.8 Å². The molecule has 0 saturated heterocycles. The van der Waals surface area contributed by atoms with Gasteiger partial charge in [0.25, 0.3) is 0 Å². The largest absolute Gasteiger partial charge is 0.444 e. The van der Waals surface area contributed by atoms with Gasteiger partial charge in [-0.1, -0.05) is 12.1 Å². The number of carbonyl (C=O) groups is 1. The molecule has 0 saturated carbocycles. The predicted molar refractivity (Wildman–Crippen MR) is 82.9 cm³/mol. The van der Waals surface area contributed by atoms with E-state index in [4.69, 9.17) is 10.5 Å². The second-order valence-electron chi connectivity index (χ2n) is 5.77. The van der Waals surface area contributed by atoms with Crippen molar-refractivity contribution >= 4 is 17.6 Å². The molecule has 0 atom stereocenters. The fourth-order valence-corrected chi connectivity index (χ4v) is 1.86. The Hall–Kier alpha value is -2.50. The van der Waals surface area contributed by atoms with Crippen LogP contribution >= 0.6 is 0 Å². The second-order valence-corrected chi connectivity index (χ2v) is 5.77. The lowest BCUT2D eigenvalue weighted by atomic mass is 10.1. The number of nitrogens with one attached hydrogen (secondary N) is 1. The SMILES string of the molecule is Cn1ncc(-c2cccc(NC(=O)OC(C)(C)C)c2)c1N. The molecule has 2 aromatic rings. The molecule has 1 amide bonds. The van der Waals surface area contributed by atoms with Crippen LogP contribution < -0.4 is 11.1 Å². The highest BCUT2D eigenvalue weighted by Gasteiger charge is 2.16. The molecule has 0 aliphatic carbocycles. The summed E-state index contributed by atoms with van der Waals surface area (Å²) in [5.74, 6) is 0.574. The Morgan fingerprint density at radius 2 is 2.10 bits per heavy atom. The molecule has 0 aliphatic rings. The Balaban J connectivity index is 2.19. The number of aromatic nitrogens is 2. The van der Waals surface area contributed by atoms with E-state index >= 15 is 0 Å². The smallest absolute Gasteiger partial charge is 0.412 e. The lowest BCUT2D eigenvalue weighted by Gasteiger charge is -2.19. The molecule has 1 aromatic heterocycles. The lowest BCUT2D eigenvalue weighted by molar-refractivity contribution is 0.0636. The Kier molecular flexibility index (Phi) is 3.88. The van der Waals surface area contributed by atoms with Gasteiger partial charge in [-0.05, 0) is 38.5 Å². The van der Waals surface area contributed by atoms with Crippen LogP contribution in [0.5, 0.6) is 0 Å². The summed E-state index contributed by atoms with van der Waals surface area (Å²) in [4.78, 5) is 11.8. The summed E-state index contributed by atoms with van der Waals surface area (Å²) in [5.41, 5.74) is 7.78. The monoisotopic (exact) mass is 288 g/mol. The van der Waals surface area contributed by atoms with Crippen molar-refractivity contribution in [3.8, 4) is 11.1 Å². The number of aryl methyl sites for hydroxylation is 1. The summed E-state index contributed by atoms with van der Waals surface area (Å²) >= 11 is 0. The van der Waals surface area contributed by atoms with Gasteiger partial charge < -0.3 is 10.5 Å². The van der Waals surface area contributed by atoms with E-state index in [0.29, 0.717) is 11.5 Å². The summed E-state index contributed by atoms with van der Waals surface area (Å²) in [6, 6.07) is 7.37. The first-order valence-corrected chi connectivity index (χ1v) is 6.64. The van der Waals surface area contributed by atoms with Crippen molar-refractivity contribution in [2.24, 2.45) is 7.05 Å². The summed E-state index contributed by atoms with van der Waals surface area (Å²) in [6.07, 6.45) is 1.21. The predicted octanol–water partition coefficient (Wildman–Crippen LogP) is 3.02. The van der Waals surface area contributed by atoms with Crippen molar-refractivity contribution in [1.29, 1.82) is 0 Å². The number of amides is 1. The zero-order valence-electron chi connectivity index (χ0n) is 12.7. The van der Waals surface area contributed by atoms with E-state index in [2.05, 4.69) is 10.4 Å². The van der Waals surface area contributed by atoms with Gasteiger partial charge >= 0.3 is 6.09 Å². The Labute approximate surface area is 123 Å². The first kappa shape index (κ1) is 14.9. The average molecular weight is 288 g/mol. The van der Waals surface area contributed by atoms with Gasteiger partial charge in [0.2, 0.25) is 0 Å². The van der Waals surface area contributed by atoms with Crippen molar-refractivity contribution in [3.63, 3.8) is 0 Å². The van der Waals surface area contributed by atoms with Crippen LogP contribution in [0.1, 0.15) is 20.8 Å². The number of ether oxygens (including phenoxy) is 1. The van der Waals surface area contributed by atoms with Gasteiger partial charge in [0.15, 0.2) is 0 Å². The summed E-state index contributed by atoms with van der Waals surface area (Å²) in [5, 5.41) is 6.82. The van der Waals surface area contributed by atoms with Crippen LogP contribution in [0.3, 0.4) is 0 Å². The first-order chi connectivity index (χ1) is 9.76. The quantitative estimate of drug-likeness (QED) is 0.890. The van der Waals surface area contributed by atoms with Gasteiger partial charge in [-0.15, -0.1) is 0 Å². The van der Waals surface area contributed by atoms with Crippen LogP contribution in [0.25, 0.3) is 11.1 Å². The molecular weight excluding hydrogens is 268 g/mol. The molecule has 2 rings (SSSR count). The van der Waals surface area contributed by atoms with Gasteiger partial charge in [-0.2, -0.15) is 5.10 Å². The molecular formula is C15H20N4O2. The number of nitrogen functional groups attached to an aromatic ring is 1. The molecule has 0 radical (unpaired) electrons. The minimum atomic E-state index is -0.532. The maximum absolute atomic E-state index is 11.8. The van der Waals surface area contributed by atoms with Crippen LogP contribution in [0.15, 0.2) is 30.5 Å². The van der Waals surface area contributed by atoms with E-state index in [9.17, 15) is 4.79 Å². The Morgan fingerprint density at radius 1 is 1.38 bits per heavy atom. The number of nitrogens with zero attached hydrogens (tertiary/aromatic N) is 2. The third kappa shape index (κ3) is 3.75. The standard InChI is InChI=1S/C15H20N4O2/c1-15(2,3)21-14(20)18-11-7-5-6-10(8-11)12-9-17-19(4)13(12)16/h5-9H,16H2,1-4H3,(H,18,20). The molecule has 112 valence electrons. The number of hydrogen-bond donors (Lipinski definition) is 2. The normalized spacial score (nSPS) is 11.2. The van der Waals surface area contributed by atoms with E-state index in [0.717, 1.165) is 11.1 Å². The summed E-state index contributed by atoms with van der Waals surface area (Å²) < 4.78 is 6.82. The molecule has 0 bridgehead atoms. The van der Waals surface area contributed by atoms with Gasteiger partial charge in [-0.25, -0.2) is 4.79 Å². The molecule has 0 aliphatic heterocycles. The third-order valence-electron chi connectivity index (χ3n) is 2.80. The fourth-order valence-electron chi connectivity index (χ4n) is 1.86. The molecule has 1 aromatic carbocycles. The van der Waals surface area contributed by atoms with E-state index in [1.165, 1.54) is 0 Å². The highest BCUT2D eigenvalue weighted by Crippen LogP contribution is 2.27. The number of benzene rings is 1.